The zero-order chi connectivity index (χ0) is 25.2. The zero-order valence-electron chi connectivity index (χ0n) is 19.5. The summed E-state index contributed by atoms with van der Waals surface area (Å²) in [6, 6.07) is 13.3. The van der Waals surface area contributed by atoms with Crippen LogP contribution in [0.4, 0.5) is 5.69 Å². The summed E-state index contributed by atoms with van der Waals surface area (Å²) in [5.41, 5.74) is 0.205. The van der Waals surface area contributed by atoms with Crippen LogP contribution >= 0.6 is 0 Å². The molecule has 0 saturated carbocycles. The predicted molar refractivity (Wildman–Crippen MR) is 130 cm³/mol. The van der Waals surface area contributed by atoms with Crippen molar-refractivity contribution >= 4 is 22.6 Å². The number of anilines is 1. The summed E-state index contributed by atoms with van der Waals surface area (Å²) in [5.74, 6) is 1.60. The first kappa shape index (κ1) is 23.0. The maximum atomic E-state index is 13.5. The quantitative estimate of drug-likeness (QED) is 0.417. The number of ether oxygens (including phenoxy) is 4. The van der Waals surface area contributed by atoms with Crippen molar-refractivity contribution in [3.8, 4) is 23.0 Å². The summed E-state index contributed by atoms with van der Waals surface area (Å²) in [6.07, 6.45) is 1.46. The first-order chi connectivity index (χ1) is 17.5. The molecule has 184 valence electrons. The Bertz CT molecular complexity index is 1590. The van der Waals surface area contributed by atoms with Crippen LogP contribution in [0.5, 0.6) is 23.0 Å². The van der Waals surface area contributed by atoms with Gasteiger partial charge in [-0.1, -0.05) is 6.07 Å². The number of pyridine rings is 1. The fourth-order valence-electron chi connectivity index (χ4n) is 3.99. The van der Waals surface area contributed by atoms with Crippen LogP contribution in [-0.2, 0) is 17.9 Å². The van der Waals surface area contributed by atoms with Crippen molar-refractivity contribution in [2.45, 2.75) is 13.1 Å². The number of hydrogen-bond acceptors (Lipinski definition) is 8. The fourth-order valence-corrected chi connectivity index (χ4v) is 3.99. The van der Waals surface area contributed by atoms with Crippen LogP contribution in [0.15, 0.2) is 64.3 Å². The molecule has 1 aliphatic rings. The van der Waals surface area contributed by atoms with E-state index >= 15 is 0 Å². The maximum Gasteiger partial charge on any atom is 0.332 e. The molecular formula is C25H22N4O7. The Balaban J connectivity index is 1.51. The van der Waals surface area contributed by atoms with Gasteiger partial charge in [0.15, 0.2) is 17.0 Å². The molecule has 5 rings (SSSR count). The van der Waals surface area contributed by atoms with Gasteiger partial charge in [0.2, 0.25) is 12.7 Å². The first-order valence-electron chi connectivity index (χ1n) is 11.0. The molecule has 1 N–H and O–H groups in total. The summed E-state index contributed by atoms with van der Waals surface area (Å²) < 4.78 is 23.5. The Morgan fingerprint density at radius 1 is 1.03 bits per heavy atom. The highest BCUT2D eigenvalue weighted by atomic mass is 16.7. The topological polar surface area (TPSA) is 123 Å². The van der Waals surface area contributed by atoms with Gasteiger partial charge in [-0.3, -0.25) is 18.7 Å². The molecule has 2 aromatic heterocycles. The zero-order valence-corrected chi connectivity index (χ0v) is 19.5. The number of amides is 1. The molecule has 0 radical (unpaired) electrons. The molecule has 0 saturated heterocycles. The number of carbonyl (C=O) groups excluding carboxylic acids is 1. The second-order valence-electron chi connectivity index (χ2n) is 7.93. The minimum atomic E-state index is -0.644. The third kappa shape index (κ3) is 4.22. The van der Waals surface area contributed by atoms with E-state index in [0.717, 1.165) is 4.57 Å². The SMILES string of the molecule is COc1ccc(NC(=O)Cn2c(=O)n(Cc3ccc4c(c3)OCO4)c(=O)c3ncccc32)c(OC)c1. The van der Waals surface area contributed by atoms with Crippen LogP contribution in [0.3, 0.4) is 0 Å². The maximum absolute atomic E-state index is 13.5. The van der Waals surface area contributed by atoms with E-state index < -0.39 is 17.2 Å². The highest BCUT2D eigenvalue weighted by Crippen LogP contribution is 2.32. The van der Waals surface area contributed by atoms with E-state index in [4.69, 9.17) is 18.9 Å². The summed E-state index contributed by atoms with van der Waals surface area (Å²) in [4.78, 5) is 43.8. The molecule has 0 aliphatic carbocycles. The molecule has 0 unspecified atom stereocenters. The predicted octanol–water partition coefficient (Wildman–Crippen LogP) is 1.99. The summed E-state index contributed by atoms with van der Waals surface area (Å²) in [7, 11) is 3.00. The van der Waals surface area contributed by atoms with Crippen molar-refractivity contribution in [1.29, 1.82) is 0 Å². The van der Waals surface area contributed by atoms with Crippen molar-refractivity contribution in [1.82, 2.24) is 14.1 Å². The monoisotopic (exact) mass is 490 g/mol. The number of nitrogens with one attached hydrogen (secondary N) is 1. The Hall–Kier alpha value is -4.80. The van der Waals surface area contributed by atoms with E-state index in [2.05, 4.69) is 10.3 Å². The van der Waals surface area contributed by atoms with Crippen LogP contribution in [0.25, 0.3) is 11.0 Å². The third-order valence-corrected chi connectivity index (χ3v) is 5.75. The fraction of sp³-hybridized carbons (Fsp3) is 0.200. The van der Waals surface area contributed by atoms with E-state index in [1.54, 1.807) is 48.5 Å². The van der Waals surface area contributed by atoms with Crippen LogP contribution in [0.2, 0.25) is 0 Å². The molecule has 1 aliphatic heterocycles. The average molecular weight is 490 g/mol. The Labute approximate surface area is 204 Å². The molecule has 0 bridgehead atoms. The highest BCUT2D eigenvalue weighted by Gasteiger charge is 2.19. The van der Waals surface area contributed by atoms with Crippen LogP contribution < -0.4 is 35.5 Å². The van der Waals surface area contributed by atoms with E-state index in [1.165, 1.54) is 25.0 Å². The number of rotatable bonds is 7. The number of benzene rings is 2. The van der Waals surface area contributed by atoms with E-state index in [1.807, 2.05) is 0 Å². The van der Waals surface area contributed by atoms with Gasteiger partial charge < -0.3 is 24.3 Å². The standard InChI is InChI=1S/C25H22N4O7/c1-33-16-6-7-17(20(11-16)34-2)27-22(30)13-28-18-4-3-9-26-23(18)24(31)29(25(28)32)12-15-5-8-19-21(10-15)36-14-35-19/h3-11H,12-14H2,1-2H3,(H,27,30). The lowest BCUT2D eigenvalue weighted by atomic mass is 10.2. The smallest absolute Gasteiger partial charge is 0.332 e. The summed E-state index contributed by atoms with van der Waals surface area (Å²) in [6.45, 7) is -0.272. The van der Waals surface area contributed by atoms with Crippen molar-refractivity contribution in [2.24, 2.45) is 0 Å². The molecule has 0 atom stereocenters. The number of fused-ring (bicyclic) bond motifs is 2. The van der Waals surface area contributed by atoms with E-state index in [0.29, 0.717) is 34.2 Å². The molecule has 0 spiro atoms. The second kappa shape index (κ2) is 9.45. The number of nitrogens with zero attached hydrogens (tertiary/aromatic N) is 3. The Kier molecular flexibility index (Phi) is 6.03. The van der Waals surface area contributed by atoms with Gasteiger partial charge in [-0.25, -0.2) is 9.78 Å². The Morgan fingerprint density at radius 3 is 2.67 bits per heavy atom. The van der Waals surface area contributed by atoms with Gasteiger partial charge >= 0.3 is 5.69 Å². The molecule has 4 aromatic rings. The molecule has 1 amide bonds. The van der Waals surface area contributed by atoms with Gasteiger partial charge in [-0.15, -0.1) is 0 Å². The second-order valence-corrected chi connectivity index (χ2v) is 7.93. The molecular weight excluding hydrogens is 468 g/mol. The lowest BCUT2D eigenvalue weighted by Gasteiger charge is -2.15. The van der Waals surface area contributed by atoms with Crippen LogP contribution in [-0.4, -0.2) is 41.0 Å². The minimum Gasteiger partial charge on any atom is -0.497 e. The highest BCUT2D eigenvalue weighted by molar-refractivity contribution is 5.93. The van der Waals surface area contributed by atoms with Gasteiger partial charge in [0.25, 0.3) is 5.56 Å². The van der Waals surface area contributed by atoms with Crippen LogP contribution in [0, 0.1) is 0 Å². The van der Waals surface area contributed by atoms with Gasteiger partial charge in [0.1, 0.15) is 18.0 Å². The summed E-state index contributed by atoms with van der Waals surface area (Å²) >= 11 is 0. The van der Waals surface area contributed by atoms with Crippen molar-refractivity contribution in [3.05, 3.63) is 81.1 Å². The molecule has 3 heterocycles. The average Bonchev–Trinajstić information content (AvgIpc) is 3.37. The van der Waals surface area contributed by atoms with Gasteiger partial charge in [-0.2, -0.15) is 0 Å². The van der Waals surface area contributed by atoms with E-state index in [9.17, 15) is 14.4 Å². The lowest BCUT2D eigenvalue weighted by molar-refractivity contribution is -0.116. The Morgan fingerprint density at radius 2 is 1.86 bits per heavy atom. The number of aromatic nitrogens is 3. The number of hydrogen-bond donors (Lipinski definition) is 1. The molecule has 0 fully saturated rings. The summed E-state index contributed by atoms with van der Waals surface area (Å²) in [5, 5.41) is 2.75. The number of methoxy groups -OCH3 is 2. The van der Waals surface area contributed by atoms with Crippen molar-refractivity contribution in [3.63, 3.8) is 0 Å². The van der Waals surface area contributed by atoms with Crippen molar-refractivity contribution in [2.75, 3.05) is 26.3 Å². The third-order valence-electron chi connectivity index (χ3n) is 5.75. The van der Waals surface area contributed by atoms with Gasteiger partial charge in [0, 0.05) is 12.3 Å². The molecule has 36 heavy (non-hydrogen) atoms. The first-order valence-corrected chi connectivity index (χ1v) is 11.0. The molecule has 11 heteroatoms. The number of carbonyl (C=O) groups is 1. The molecule has 11 nitrogen and oxygen atoms in total. The largest absolute Gasteiger partial charge is 0.497 e. The normalized spacial score (nSPS) is 11.9. The van der Waals surface area contributed by atoms with Crippen LogP contribution in [0.1, 0.15) is 5.56 Å². The minimum absolute atomic E-state index is 0.0330. The van der Waals surface area contributed by atoms with E-state index in [-0.39, 0.29) is 30.9 Å². The lowest BCUT2D eigenvalue weighted by Crippen LogP contribution is -2.42. The van der Waals surface area contributed by atoms with Gasteiger partial charge in [0.05, 0.1) is 32.0 Å². The van der Waals surface area contributed by atoms with Gasteiger partial charge in [-0.05, 0) is 42.0 Å². The van der Waals surface area contributed by atoms with Crippen molar-refractivity contribution < 1.29 is 23.7 Å². The molecule has 2 aromatic carbocycles.